The quantitative estimate of drug-likeness (QED) is 0.779. The van der Waals surface area contributed by atoms with Gasteiger partial charge in [-0.3, -0.25) is 4.79 Å². The molecule has 1 amide bonds. The maximum atomic E-state index is 12.2. The van der Waals surface area contributed by atoms with E-state index < -0.39 is 0 Å². The molecule has 0 heterocycles. The molecule has 0 saturated heterocycles. The van der Waals surface area contributed by atoms with E-state index >= 15 is 0 Å². The highest BCUT2D eigenvalue weighted by Gasteiger charge is 2.10. The van der Waals surface area contributed by atoms with Gasteiger partial charge in [0.2, 0.25) is 0 Å². The first kappa shape index (κ1) is 15.1. The average molecular weight is 353 g/mol. The van der Waals surface area contributed by atoms with Gasteiger partial charge >= 0.3 is 0 Å². The van der Waals surface area contributed by atoms with E-state index in [1.165, 1.54) is 5.56 Å². The highest BCUT2D eigenvalue weighted by atomic mass is 79.9. The Hall–Kier alpha value is -1.32. The maximum absolute atomic E-state index is 12.2. The monoisotopic (exact) mass is 351 g/mol. The third-order valence-corrected chi connectivity index (χ3v) is 3.90. The minimum Gasteiger partial charge on any atom is -0.322 e. The summed E-state index contributed by atoms with van der Waals surface area (Å²) in [5, 5.41) is 3.46. The van der Waals surface area contributed by atoms with Crippen LogP contribution in [0.3, 0.4) is 0 Å². The molecular weight excluding hydrogens is 338 g/mol. The lowest BCUT2D eigenvalue weighted by Gasteiger charge is -2.09. The topological polar surface area (TPSA) is 29.1 Å². The van der Waals surface area contributed by atoms with E-state index in [9.17, 15) is 4.79 Å². The molecule has 20 heavy (non-hydrogen) atoms. The first-order valence-electron chi connectivity index (χ1n) is 6.33. The minimum absolute atomic E-state index is 0.161. The van der Waals surface area contributed by atoms with Gasteiger partial charge in [0.15, 0.2) is 0 Å². The zero-order valence-corrected chi connectivity index (χ0v) is 13.6. The van der Waals surface area contributed by atoms with E-state index in [2.05, 4.69) is 35.1 Å². The number of rotatable bonds is 3. The van der Waals surface area contributed by atoms with Crippen molar-refractivity contribution in [1.29, 1.82) is 0 Å². The zero-order chi connectivity index (χ0) is 14.7. The molecule has 0 saturated carbocycles. The summed E-state index contributed by atoms with van der Waals surface area (Å²) in [5.74, 6) is 0.316. The van der Waals surface area contributed by atoms with Crippen molar-refractivity contribution in [3.63, 3.8) is 0 Å². The Kier molecular flexibility index (Phi) is 4.84. The first-order chi connectivity index (χ1) is 9.47. The third kappa shape index (κ3) is 3.62. The van der Waals surface area contributed by atoms with Crippen LogP contribution in [0.4, 0.5) is 5.69 Å². The van der Waals surface area contributed by atoms with Gasteiger partial charge in [0.25, 0.3) is 5.91 Å². The number of carbonyl (C=O) groups excluding carboxylic acids is 1. The second-order valence-corrected chi connectivity index (χ2v) is 6.15. The molecule has 0 atom stereocenters. The summed E-state index contributed by atoms with van der Waals surface area (Å²) in [6, 6.07) is 13.0. The number of amides is 1. The van der Waals surface area contributed by atoms with Crippen molar-refractivity contribution in [3.8, 4) is 0 Å². The largest absolute Gasteiger partial charge is 0.322 e. The second kappa shape index (κ2) is 6.42. The highest BCUT2D eigenvalue weighted by molar-refractivity contribution is 9.10. The molecule has 2 aromatic rings. The van der Waals surface area contributed by atoms with Gasteiger partial charge in [-0.2, -0.15) is 0 Å². The molecule has 104 valence electrons. The third-order valence-electron chi connectivity index (χ3n) is 3.01. The summed E-state index contributed by atoms with van der Waals surface area (Å²) in [6.45, 7) is 4.27. The van der Waals surface area contributed by atoms with E-state index in [1.807, 2.05) is 24.3 Å². The van der Waals surface area contributed by atoms with Crippen LogP contribution in [0, 0.1) is 0 Å². The molecule has 2 rings (SSSR count). The molecule has 0 spiro atoms. The summed E-state index contributed by atoms with van der Waals surface area (Å²) in [7, 11) is 0. The van der Waals surface area contributed by atoms with Gasteiger partial charge in [-0.1, -0.05) is 37.6 Å². The smallest absolute Gasteiger partial charge is 0.256 e. The molecule has 0 fully saturated rings. The molecule has 4 heteroatoms. The van der Waals surface area contributed by atoms with Crippen LogP contribution < -0.4 is 5.32 Å². The first-order valence-corrected chi connectivity index (χ1v) is 7.51. The summed E-state index contributed by atoms with van der Waals surface area (Å²) >= 11 is 9.21. The number of benzene rings is 2. The molecule has 0 bridgehead atoms. The van der Waals surface area contributed by atoms with Gasteiger partial charge in [0, 0.05) is 15.2 Å². The predicted molar refractivity (Wildman–Crippen MR) is 87.6 cm³/mol. The van der Waals surface area contributed by atoms with Crippen molar-refractivity contribution in [2.45, 2.75) is 19.8 Å². The van der Waals surface area contributed by atoms with Crippen molar-refractivity contribution < 1.29 is 4.79 Å². The van der Waals surface area contributed by atoms with Crippen LogP contribution in [0.1, 0.15) is 35.7 Å². The maximum Gasteiger partial charge on any atom is 0.256 e. The SMILES string of the molecule is CC(C)c1ccc(NC(=O)c2ccc(Cl)cc2Br)cc1. The summed E-state index contributed by atoms with van der Waals surface area (Å²) in [4.78, 5) is 12.2. The number of carbonyl (C=O) groups is 1. The lowest BCUT2D eigenvalue weighted by Crippen LogP contribution is -2.12. The number of halogens is 2. The summed E-state index contributed by atoms with van der Waals surface area (Å²) < 4.78 is 0.682. The molecule has 0 aliphatic carbocycles. The number of anilines is 1. The van der Waals surface area contributed by atoms with Crippen molar-refractivity contribution in [2.75, 3.05) is 5.32 Å². The Morgan fingerprint density at radius 3 is 2.35 bits per heavy atom. The normalized spacial score (nSPS) is 10.7. The van der Waals surface area contributed by atoms with Gasteiger partial charge in [0.05, 0.1) is 5.56 Å². The lowest BCUT2D eigenvalue weighted by atomic mass is 10.0. The Morgan fingerprint density at radius 1 is 1.15 bits per heavy atom. The van der Waals surface area contributed by atoms with Crippen LogP contribution in [0.5, 0.6) is 0 Å². The fraction of sp³-hybridized carbons (Fsp3) is 0.188. The molecule has 0 aromatic heterocycles. The van der Waals surface area contributed by atoms with Crippen molar-refractivity contribution in [2.24, 2.45) is 0 Å². The van der Waals surface area contributed by atoms with Crippen molar-refractivity contribution in [3.05, 3.63) is 63.1 Å². The van der Waals surface area contributed by atoms with Crippen LogP contribution in [0.2, 0.25) is 5.02 Å². The van der Waals surface area contributed by atoms with Crippen molar-refractivity contribution >= 4 is 39.1 Å². The Labute approximate surface area is 132 Å². The average Bonchev–Trinajstić information content (AvgIpc) is 2.39. The second-order valence-electron chi connectivity index (χ2n) is 4.86. The van der Waals surface area contributed by atoms with Crippen LogP contribution in [-0.2, 0) is 0 Å². The summed E-state index contributed by atoms with van der Waals surface area (Å²) in [5.41, 5.74) is 2.58. The van der Waals surface area contributed by atoms with Crippen LogP contribution >= 0.6 is 27.5 Å². The molecule has 2 aromatic carbocycles. The zero-order valence-electron chi connectivity index (χ0n) is 11.3. The van der Waals surface area contributed by atoms with Crippen LogP contribution in [0.25, 0.3) is 0 Å². The molecule has 0 radical (unpaired) electrons. The molecule has 2 nitrogen and oxygen atoms in total. The van der Waals surface area contributed by atoms with Gasteiger partial charge in [-0.05, 0) is 57.7 Å². The fourth-order valence-electron chi connectivity index (χ4n) is 1.82. The van der Waals surface area contributed by atoms with Gasteiger partial charge < -0.3 is 5.32 Å². The van der Waals surface area contributed by atoms with E-state index in [-0.39, 0.29) is 5.91 Å². The molecule has 0 aliphatic rings. The van der Waals surface area contributed by atoms with Gasteiger partial charge in [0.1, 0.15) is 0 Å². The van der Waals surface area contributed by atoms with E-state index in [0.717, 1.165) is 5.69 Å². The van der Waals surface area contributed by atoms with Gasteiger partial charge in [-0.15, -0.1) is 0 Å². The Balaban J connectivity index is 2.15. The Bertz CT molecular complexity index is 623. The standard InChI is InChI=1S/C16H15BrClNO/c1-10(2)11-3-6-13(7-4-11)19-16(20)14-8-5-12(18)9-15(14)17/h3-10H,1-2H3,(H,19,20). The van der Waals surface area contributed by atoms with E-state index in [0.29, 0.717) is 21.0 Å². The predicted octanol–water partition coefficient (Wildman–Crippen LogP) is 5.48. The minimum atomic E-state index is -0.161. The molecule has 1 N–H and O–H groups in total. The van der Waals surface area contributed by atoms with Crippen LogP contribution in [-0.4, -0.2) is 5.91 Å². The van der Waals surface area contributed by atoms with E-state index in [1.54, 1.807) is 18.2 Å². The Morgan fingerprint density at radius 2 is 1.80 bits per heavy atom. The number of hydrogen-bond donors (Lipinski definition) is 1. The molecular formula is C16H15BrClNO. The molecule has 0 unspecified atom stereocenters. The lowest BCUT2D eigenvalue weighted by molar-refractivity contribution is 0.102. The fourth-order valence-corrected chi connectivity index (χ4v) is 2.69. The molecule has 0 aliphatic heterocycles. The highest BCUT2D eigenvalue weighted by Crippen LogP contribution is 2.23. The van der Waals surface area contributed by atoms with Crippen molar-refractivity contribution in [1.82, 2.24) is 0 Å². The van der Waals surface area contributed by atoms with Gasteiger partial charge in [-0.25, -0.2) is 0 Å². The van der Waals surface area contributed by atoms with E-state index in [4.69, 9.17) is 11.6 Å². The number of hydrogen-bond acceptors (Lipinski definition) is 1. The number of nitrogens with one attached hydrogen (secondary N) is 1. The van der Waals surface area contributed by atoms with Crippen LogP contribution in [0.15, 0.2) is 46.9 Å². The summed E-state index contributed by atoms with van der Waals surface area (Å²) in [6.07, 6.45) is 0.